The molecular weight excluding hydrogens is 513 g/mol. The van der Waals surface area contributed by atoms with Crippen molar-refractivity contribution in [3.05, 3.63) is 95.8 Å². The number of aliphatic hydroxyl groups is 1. The first-order valence-corrected chi connectivity index (χ1v) is 14.3. The smallest absolute Gasteiger partial charge is 0.200 e. The molecule has 6 heteroatoms. The van der Waals surface area contributed by atoms with Crippen LogP contribution in [0.4, 0.5) is 13.2 Å². The number of halogens is 3. The molecule has 1 unspecified atom stereocenters. The van der Waals surface area contributed by atoms with Crippen LogP contribution in [-0.2, 0) is 6.61 Å². The van der Waals surface area contributed by atoms with E-state index in [-0.39, 0.29) is 36.1 Å². The van der Waals surface area contributed by atoms with E-state index in [2.05, 4.69) is 13.5 Å². The van der Waals surface area contributed by atoms with Gasteiger partial charge in [-0.3, -0.25) is 0 Å². The lowest BCUT2D eigenvalue weighted by molar-refractivity contribution is 0.0727. The first-order chi connectivity index (χ1) is 19.4. The number of hydrogen-bond acceptors (Lipinski definition) is 3. The zero-order chi connectivity index (χ0) is 28.5. The van der Waals surface area contributed by atoms with Gasteiger partial charge in [-0.2, -0.15) is 4.39 Å². The molecule has 0 radical (unpaired) electrons. The Labute approximate surface area is 235 Å². The van der Waals surface area contributed by atoms with Gasteiger partial charge in [0, 0.05) is 11.6 Å². The molecule has 1 aliphatic rings. The maximum atomic E-state index is 15.0. The van der Waals surface area contributed by atoms with Crippen molar-refractivity contribution in [3.63, 3.8) is 0 Å². The Bertz CT molecular complexity index is 1250. The van der Waals surface area contributed by atoms with Crippen molar-refractivity contribution < 1.29 is 27.8 Å². The molecule has 3 aromatic carbocycles. The molecule has 4 rings (SSSR count). The van der Waals surface area contributed by atoms with Crippen molar-refractivity contribution in [1.29, 1.82) is 0 Å². The maximum absolute atomic E-state index is 15.0. The van der Waals surface area contributed by atoms with Gasteiger partial charge in [0.05, 0.1) is 12.7 Å². The van der Waals surface area contributed by atoms with Crippen molar-refractivity contribution in [3.8, 4) is 22.6 Å². The van der Waals surface area contributed by atoms with Crippen LogP contribution in [0, 0.1) is 23.4 Å². The van der Waals surface area contributed by atoms with Gasteiger partial charge in [0.2, 0.25) is 5.82 Å². The predicted molar refractivity (Wildman–Crippen MR) is 153 cm³/mol. The van der Waals surface area contributed by atoms with Crippen LogP contribution in [0.15, 0.2) is 67.3 Å². The molecule has 3 nitrogen and oxygen atoms in total. The standard InChI is InChI=1S/C34H39F3O3/c1-3-5-6-20-39-27-16-17-28(30(35)21-27)24-10-8-23(9-11-24)22-40-32-19-18-29(33(36)34(32)37)25-12-14-26(15-13-25)31(38)7-4-2/h3,8-11,16-19,21,25-26,31,38H,1,4-7,12-15,20,22H2,2H3. The number of ether oxygens (including phenoxy) is 2. The molecule has 0 aliphatic heterocycles. The minimum atomic E-state index is -0.976. The average Bonchev–Trinajstić information content (AvgIpc) is 2.97. The number of benzene rings is 3. The summed E-state index contributed by atoms with van der Waals surface area (Å²) < 4.78 is 55.8. The Hall–Kier alpha value is -3.25. The fourth-order valence-corrected chi connectivity index (χ4v) is 5.50. The second kappa shape index (κ2) is 14.4. The van der Waals surface area contributed by atoms with E-state index in [4.69, 9.17) is 9.47 Å². The lowest BCUT2D eigenvalue weighted by Crippen LogP contribution is -2.25. The lowest BCUT2D eigenvalue weighted by atomic mass is 9.76. The summed E-state index contributed by atoms with van der Waals surface area (Å²) in [5.41, 5.74) is 2.27. The number of unbranched alkanes of at least 4 members (excludes halogenated alkanes) is 1. The van der Waals surface area contributed by atoms with Gasteiger partial charge in [-0.05, 0) is 91.7 Å². The molecule has 1 atom stereocenters. The molecule has 1 fully saturated rings. The van der Waals surface area contributed by atoms with Crippen LogP contribution in [0.1, 0.15) is 75.3 Å². The summed E-state index contributed by atoms with van der Waals surface area (Å²) in [5.74, 6) is -1.68. The van der Waals surface area contributed by atoms with E-state index in [0.29, 0.717) is 29.0 Å². The summed E-state index contributed by atoms with van der Waals surface area (Å²) in [6, 6.07) is 15.0. The fourth-order valence-electron chi connectivity index (χ4n) is 5.50. The van der Waals surface area contributed by atoms with Gasteiger partial charge in [0.25, 0.3) is 0 Å². The van der Waals surface area contributed by atoms with Gasteiger partial charge < -0.3 is 14.6 Å². The fraction of sp³-hybridized carbons (Fsp3) is 0.412. The molecule has 0 aromatic heterocycles. The van der Waals surface area contributed by atoms with Gasteiger partial charge in [-0.15, -0.1) is 6.58 Å². The molecule has 0 amide bonds. The summed E-state index contributed by atoms with van der Waals surface area (Å²) in [6.07, 6.45) is 8.00. The largest absolute Gasteiger partial charge is 0.493 e. The second-order valence-corrected chi connectivity index (χ2v) is 10.7. The van der Waals surface area contributed by atoms with Gasteiger partial charge >= 0.3 is 0 Å². The third kappa shape index (κ3) is 7.48. The zero-order valence-corrected chi connectivity index (χ0v) is 23.2. The zero-order valence-electron chi connectivity index (χ0n) is 23.2. The summed E-state index contributed by atoms with van der Waals surface area (Å²) in [7, 11) is 0. The van der Waals surface area contributed by atoms with E-state index in [9.17, 15) is 13.9 Å². The van der Waals surface area contributed by atoms with Crippen LogP contribution >= 0.6 is 0 Å². The molecule has 1 N–H and O–H groups in total. The highest BCUT2D eigenvalue weighted by atomic mass is 19.2. The van der Waals surface area contributed by atoms with Crippen LogP contribution in [0.2, 0.25) is 0 Å². The maximum Gasteiger partial charge on any atom is 0.200 e. The summed E-state index contributed by atoms with van der Waals surface area (Å²) in [5, 5.41) is 10.3. The Balaban J connectivity index is 1.33. The Kier molecular flexibility index (Phi) is 10.7. The van der Waals surface area contributed by atoms with Crippen LogP contribution in [0.3, 0.4) is 0 Å². The van der Waals surface area contributed by atoms with E-state index in [1.54, 1.807) is 42.5 Å². The first-order valence-electron chi connectivity index (χ1n) is 14.3. The van der Waals surface area contributed by atoms with Crippen LogP contribution in [-0.4, -0.2) is 17.8 Å². The summed E-state index contributed by atoms with van der Waals surface area (Å²) in [4.78, 5) is 0. The van der Waals surface area contributed by atoms with E-state index < -0.39 is 11.6 Å². The van der Waals surface area contributed by atoms with Crippen LogP contribution < -0.4 is 9.47 Å². The number of rotatable bonds is 13. The molecule has 0 heterocycles. The minimum Gasteiger partial charge on any atom is -0.493 e. The minimum absolute atomic E-state index is 0.0520. The third-order valence-electron chi connectivity index (χ3n) is 7.84. The van der Waals surface area contributed by atoms with Crippen molar-refractivity contribution in [2.24, 2.45) is 5.92 Å². The molecular formula is C34H39F3O3. The highest BCUT2D eigenvalue weighted by Crippen LogP contribution is 2.40. The SMILES string of the molecule is C=CCCCOc1ccc(-c2ccc(COc3ccc(C4CCC(C(O)CCC)CC4)c(F)c3F)cc2)c(F)c1. The van der Waals surface area contributed by atoms with Crippen molar-refractivity contribution in [1.82, 2.24) is 0 Å². The Morgan fingerprint density at radius 1 is 0.950 bits per heavy atom. The van der Waals surface area contributed by atoms with E-state index in [0.717, 1.165) is 56.9 Å². The Morgan fingerprint density at radius 2 is 1.70 bits per heavy atom. The molecule has 0 saturated heterocycles. The van der Waals surface area contributed by atoms with E-state index in [1.165, 1.54) is 12.1 Å². The molecule has 214 valence electrons. The molecule has 0 spiro atoms. The van der Waals surface area contributed by atoms with Gasteiger partial charge in [0.15, 0.2) is 11.6 Å². The topological polar surface area (TPSA) is 38.7 Å². The molecule has 3 aromatic rings. The average molecular weight is 553 g/mol. The van der Waals surface area contributed by atoms with E-state index >= 15 is 4.39 Å². The van der Waals surface area contributed by atoms with Gasteiger partial charge in [-0.25, -0.2) is 8.78 Å². The predicted octanol–water partition coefficient (Wildman–Crippen LogP) is 9.13. The number of allylic oxidation sites excluding steroid dienone is 1. The molecule has 0 bridgehead atoms. The lowest BCUT2D eigenvalue weighted by Gasteiger charge is -2.32. The number of hydrogen-bond donors (Lipinski definition) is 1. The Morgan fingerprint density at radius 3 is 2.38 bits per heavy atom. The third-order valence-corrected chi connectivity index (χ3v) is 7.84. The number of aliphatic hydroxyl groups excluding tert-OH is 1. The highest BCUT2D eigenvalue weighted by molar-refractivity contribution is 5.65. The van der Waals surface area contributed by atoms with Gasteiger partial charge in [-0.1, -0.05) is 49.8 Å². The normalized spacial score (nSPS) is 17.8. The second-order valence-electron chi connectivity index (χ2n) is 10.7. The molecule has 1 saturated carbocycles. The first kappa shape index (κ1) is 29.7. The van der Waals surface area contributed by atoms with Crippen molar-refractivity contribution in [2.75, 3.05) is 6.61 Å². The quantitative estimate of drug-likeness (QED) is 0.170. The summed E-state index contributed by atoms with van der Waals surface area (Å²) in [6.45, 7) is 6.27. The summed E-state index contributed by atoms with van der Waals surface area (Å²) >= 11 is 0. The van der Waals surface area contributed by atoms with E-state index in [1.807, 2.05) is 6.08 Å². The van der Waals surface area contributed by atoms with Crippen molar-refractivity contribution >= 4 is 0 Å². The van der Waals surface area contributed by atoms with Gasteiger partial charge in [0.1, 0.15) is 18.2 Å². The van der Waals surface area contributed by atoms with Crippen molar-refractivity contribution in [2.45, 2.75) is 76.9 Å². The molecule has 1 aliphatic carbocycles. The molecule has 40 heavy (non-hydrogen) atoms. The van der Waals surface area contributed by atoms with Crippen LogP contribution in [0.5, 0.6) is 11.5 Å². The highest BCUT2D eigenvalue weighted by Gasteiger charge is 2.29. The monoisotopic (exact) mass is 552 g/mol. The van der Waals surface area contributed by atoms with Crippen LogP contribution in [0.25, 0.3) is 11.1 Å².